The van der Waals surface area contributed by atoms with Crippen LogP contribution in [-0.2, 0) is 11.3 Å². The van der Waals surface area contributed by atoms with E-state index in [1.165, 1.54) is 18.6 Å². The van der Waals surface area contributed by atoms with Gasteiger partial charge in [0.15, 0.2) is 0 Å². The largest absolute Gasteiger partial charge is 0.352 e. The minimum absolute atomic E-state index is 0.0475. The summed E-state index contributed by atoms with van der Waals surface area (Å²) in [5, 5.41) is 2.81. The number of rotatable bonds is 4. The van der Waals surface area contributed by atoms with Crippen molar-refractivity contribution in [3.8, 4) is 0 Å². The average molecular weight is 264 g/mol. The molecule has 0 unspecified atom stereocenters. The Morgan fingerprint density at radius 3 is 2.74 bits per heavy atom. The van der Waals surface area contributed by atoms with Gasteiger partial charge in [-0.3, -0.25) is 4.79 Å². The van der Waals surface area contributed by atoms with E-state index in [0.29, 0.717) is 13.0 Å². The van der Waals surface area contributed by atoms with Crippen molar-refractivity contribution in [1.29, 1.82) is 0 Å². The molecular formula is C15H21FN2O. The van der Waals surface area contributed by atoms with E-state index >= 15 is 0 Å². The second kappa shape index (κ2) is 6.15. The lowest BCUT2D eigenvalue weighted by Crippen LogP contribution is -2.45. The highest BCUT2D eigenvalue weighted by Crippen LogP contribution is 2.28. The molecule has 1 aliphatic carbocycles. The first kappa shape index (κ1) is 14.0. The van der Waals surface area contributed by atoms with Gasteiger partial charge in [-0.15, -0.1) is 0 Å². The molecule has 0 aromatic heterocycles. The smallest absolute Gasteiger partial charge is 0.222 e. The number of carbonyl (C=O) groups is 1. The Hall–Kier alpha value is -1.42. The van der Waals surface area contributed by atoms with E-state index in [-0.39, 0.29) is 17.3 Å². The molecule has 1 aromatic rings. The lowest BCUT2D eigenvalue weighted by atomic mass is 9.80. The molecule has 0 radical (unpaired) electrons. The maximum absolute atomic E-state index is 13.0. The molecule has 0 spiro atoms. The Balaban J connectivity index is 1.81. The fourth-order valence-electron chi connectivity index (χ4n) is 2.66. The van der Waals surface area contributed by atoms with Crippen LogP contribution >= 0.6 is 0 Å². The summed E-state index contributed by atoms with van der Waals surface area (Å²) in [6.45, 7) is 0.354. The van der Waals surface area contributed by atoms with Gasteiger partial charge in [-0.1, -0.05) is 31.4 Å². The van der Waals surface area contributed by atoms with Crippen LogP contribution in [0.4, 0.5) is 4.39 Å². The van der Waals surface area contributed by atoms with Crippen molar-refractivity contribution in [2.45, 2.75) is 50.6 Å². The highest BCUT2D eigenvalue weighted by molar-refractivity contribution is 5.77. The van der Waals surface area contributed by atoms with Crippen LogP contribution in [0.5, 0.6) is 0 Å². The molecule has 3 nitrogen and oxygen atoms in total. The van der Waals surface area contributed by atoms with E-state index < -0.39 is 0 Å². The zero-order chi connectivity index (χ0) is 13.7. The van der Waals surface area contributed by atoms with Crippen LogP contribution in [0, 0.1) is 5.82 Å². The number of hydrogen-bond acceptors (Lipinski definition) is 2. The summed E-state index contributed by atoms with van der Waals surface area (Å²) in [6.07, 6.45) is 5.62. The molecule has 1 aliphatic rings. The molecule has 0 heterocycles. The van der Waals surface area contributed by atoms with Crippen LogP contribution in [0.2, 0.25) is 0 Å². The molecule has 0 bridgehead atoms. The fraction of sp³-hybridized carbons (Fsp3) is 0.533. The normalized spacial score (nSPS) is 18.0. The zero-order valence-electron chi connectivity index (χ0n) is 11.1. The topological polar surface area (TPSA) is 55.1 Å². The summed E-state index contributed by atoms with van der Waals surface area (Å²) >= 11 is 0. The van der Waals surface area contributed by atoms with Gasteiger partial charge in [0.2, 0.25) is 5.91 Å². The van der Waals surface area contributed by atoms with Crippen LogP contribution in [-0.4, -0.2) is 11.4 Å². The number of benzene rings is 1. The van der Waals surface area contributed by atoms with Gasteiger partial charge in [-0.2, -0.15) is 0 Å². The maximum Gasteiger partial charge on any atom is 0.222 e. The standard InChI is InChI=1S/C15H21FN2O/c16-13-6-4-5-12(9-13)11-18-14(19)10-15(17)7-2-1-3-8-15/h4-6,9H,1-3,7-8,10-11,17H2,(H,18,19). The first-order valence-corrected chi connectivity index (χ1v) is 6.87. The molecule has 1 fully saturated rings. The van der Waals surface area contributed by atoms with Crippen molar-refractivity contribution in [2.24, 2.45) is 5.73 Å². The maximum atomic E-state index is 13.0. The van der Waals surface area contributed by atoms with Crippen molar-refractivity contribution in [3.05, 3.63) is 35.6 Å². The molecular weight excluding hydrogens is 243 g/mol. The molecule has 1 amide bonds. The highest BCUT2D eigenvalue weighted by Gasteiger charge is 2.29. The average Bonchev–Trinajstić information content (AvgIpc) is 2.37. The van der Waals surface area contributed by atoms with Crippen molar-refractivity contribution < 1.29 is 9.18 Å². The predicted molar refractivity (Wildman–Crippen MR) is 72.9 cm³/mol. The van der Waals surface area contributed by atoms with Crippen molar-refractivity contribution in [2.75, 3.05) is 0 Å². The van der Waals surface area contributed by atoms with Crippen LogP contribution in [0.25, 0.3) is 0 Å². The van der Waals surface area contributed by atoms with Crippen molar-refractivity contribution in [3.63, 3.8) is 0 Å². The minimum Gasteiger partial charge on any atom is -0.352 e. The lowest BCUT2D eigenvalue weighted by molar-refractivity contribution is -0.122. The molecule has 3 N–H and O–H groups in total. The Bertz CT molecular complexity index is 442. The lowest BCUT2D eigenvalue weighted by Gasteiger charge is -2.32. The van der Waals surface area contributed by atoms with Gasteiger partial charge in [0, 0.05) is 18.5 Å². The first-order chi connectivity index (χ1) is 9.07. The van der Waals surface area contributed by atoms with Crippen molar-refractivity contribution in [1.82, 2.24) is 5.32 Å². The molecule has 2 rings (SSSR count). The molecule has 4 heteroatoms. The monoisotopic (exact) mass is 264 g/mol. The van der Waals surface area contributed by atoms with Gasteiger partial charge < -0.3 is 11.1 Å². The van der Waals surface area contributed by atoms with Gasteiger partial charge >= 0.3 is 0 Å². The van der Waals surface area contributed by atoms with Crippen LogP contribution in [0.3, 0.4) is 0 Å². The number of nitrogens with two attached hydrogens (primary N) is 1. The third kappa shape index (κ3) is 4.31. The Kier molecular flexibility index (Phi) is 4.53. The summed E-state index contributed by atoms with van der Waals surface area (Å²) < 4.78 is 13.0. The second-order valence-corrected chi connectivity index (χ2v) is 5.51. The summed E-state index contributed by atoms with van der Waals surface area (Å²) in [4.78, 5) is 11.9. The molecule has 0 aliphatic heterocycles. The molecule has 19 heavy (non-hydrogen) atoms. The number of halogens is 1. The Morgan fingerprint density at radius 1 is 1.32 bits per heavy atom. The van der Waals surface area contributed by atoms with E-state index in [0.717, 1.165) is 31.2 Å². The summed E-state index contributed by atoms with van der Waals surface area (Å²) in [5.74, 6) is -0.331. The third-order valence-corrected chi connectivity index (χ3v) is 3.74. The Labute approximate surface area is 113 Å². The number of nitrogens with one attached hydrogen (secondary N) is 1. The SMILES string of the molecule is NC1(CC(=O)NCc2cccc(F)c2)CCCCC1. The van der Waals surface area contributed by atoms with E-state index in [4.69, 9.17) is 5.73 Å². The van der Waals surface area contributed by atoms with E-state index in [9.17, 15) is 9.18 Å². The van der Waals surface area contributed by atoms with Gasteiger partial charge in [-0.05, 0) is 30.5 Å². The van der Waals surface area contributed by atoms with Crippen molar-refractivity contribution >= 4 is 5.91 Å². The predicted octanol–water partition coefficient (Wildman–Crippen LogP) is 2.49. The Morgan fingerprint density at radius 2 is 2.05 bits per heavy atom. The molecule has 1 saturated carbocycles. The number of carbonyl (C=O) groups excluding carboxylic acids is 1. The zero-order valence-corrected chi connectivity index (χ0v) is 11.1. The van der Waals surface area contributed by atoms with E-state index in [2.05, 4.69) is 5.32 Å². The summed E-state index contributed by atoms with van der Waals surface area (Å²) in [6, 6.07) is 6.26. The van der Waals surface area contributed by atoms with Gasteiger partial charge in [0.25, 0.3) is 0 Å². The summed E-state index contributed by atoms with van der Waals surface area (Å²) in [7, 11) is 0. The fourth-order valence-corrected chi connectivity index (χ4v) is 2.66. The third-order valence-electron chi connectivity index (χ3n) is 3.74. The molecule has 1 aromatic carbocycles. The number of amides is 1. The highest BCUT2D eigenvalue weighted by atomic mass is 19.1. The quantitative estimate of drug-likeness (QED) is 0.878. The second-order valence-electron chi connectivity index (χ2n) is 5.51. The summed E-state index contributed by atoms with van der Waals surface area (Å²) in [5.41, 5.74) is 6.66. The van der Waals surface area contributed by atoms with Gasteiger partial charge in [-0.25, -0.2) is 4.39 Å². The van der Waals surface area contributed by atoms with Crippen LogP contribution in [0.1, 0.15) is 44.1 Å². The molecule has 0 saturated heterocycles. The van der Waals surface area contributed by atoms with E-state index in [1.807, 2.05) is 0 Å². The number of hydrogen-bond donors (Lipinski definition) is 2. The van der Waals surface area contributed by atoms with Crippen LogP contribution in [0.15, 0.2) is 24.3 Å². The van der Waals surface area contributed by atoms with Gasteiger partial charge in [0.1, 0.15) is 5.82 Å². The van der Waals surface area contributed by atoms with Crippen LogP contribution < -0.4 is 11.1 Å². The minimum atomic E-state index is -0.343. The van der Waals surface area contributed by atoms with E-state index in [1.54, 1.807) is 12.1 Å². The van der Waals surface area contributed by atoms with Gasteiger partial charge in [0.05, 0.1) is 0 Å². The molecule has 0 atom stereocenters. The first-order valence-electron chi connectivity index (χ1n) is 6.87. The molecule has 104 valence electrons.